The van der Waals surface area contributed by atoms with Gasteiger partial charge in [-0.15, -0.1) is 11.6 Å². The second-order valence-corrected chi connectivity index (χ2v) is 4.35. The quantitative estimate of drug-likeness (QED) is 0.471. The normalized spacial score (nSPS) is 12.0. The fourth-order valence-corrected chi connectivity index (χ4v) is 1.68. The van der Waals surface area contributed by atoms with E-state index in [1.807, 2.05) is 0 Å². The standard InChI is InChI=1S/C13H15ClO3/c1-4-17-13(16)11-8(2)6-5-7-10(11)12(15)9(3)14/h5-7,9H,4H2,1-3H3. The number of alkyl halides is 1. The van der Waals surface area contributed by atoms with E-state index in [1.54, 1.807) is 39.0 Å². The van der Waals surface area contributed by atoms with Crippen molar-refractivity contribution < 1.29 is 14.3 Å². The zero-order valence-corrected chi connectivity index (χ0v) is 10.9. The highest BCUT2D eigenvalue weighted by Gasteiger charge is 2.22. The minimum Gasteiger partial charge on any atom is -0.462 e. The van der Waals surface area contributed by atoms with Crippen LogP contribution in [0.2, 0.25) is 0 Å². The van der Waals surface area contributed by atoms with E-state index in [0.29, 0.717) is 16.7 Å². The van der Waals surface area contributed by atoms with Crippen molar-refractivity contribution in [3.63, 3.8) is 0 Å². The number of halogens is 1. The summed E-state index contributed by atoms with van der Waals surface area (Å²) in [5.74, 6) is -0.746. The predicted molar refractivity (Wildman–Crippen MR) is 66.8 cm³/mol. The topological polar surface area (TPSA) is 43.4 Å². The van der Waals surface area contributed by atoms with Crippen molar-refractivity contribution in [2.75, 3.05) is 6.61 Å². The molecule has 0 bridgehead atoms. The van der Waals surface area contributed by atoms with Gasteiger partial charge in [0, 0.05) is 5.56 Å². The van der Waals surface area contributed by atoms with Crippen molar-refractivity contribution in [3.8, 4) is 0 Å². The number of hydrogen-bond donors (Lipinski definition) is 0. The molecule has 0 aromatic heterocycles. The molecule has 0 radical (unpaired) electrons. The van der Waals surface area contributed by atoms with Crippen LogP contribution in [-0.4, -0.2) is 23.7 Å². The Hall–Kier alpha value is -1.35. The number of rotatable bonds is 4. The summed E-state index contributed by atoms with van der Waals surface area (Å²) in [6, 6.07) is 5.09. The number of esters is 1. The lowest BCUT2D eigenvalue weighted by Gasteiger charge is -2.11. The van der Waals surface area contributed by atoms with Gasteiger partial charge in [-0.05, 0) is 26.3 Å². The molecular weight excluding hydrogens is 240 g/mol. The molecule has 0 spiro atoms. The molecule has 0 aliphatic rings. The van der Waals surface area contributed by atoms with Crippen LogP contribution in [0.15, 0.2) is 18.2 Å². The number of hydrogen-bond acceptors (Lipinski definition) is 3. The summed E-state index contributed by atoms with van der Waals surface area (Å²) in [4.78, 5) is 23.7. The number of benzene rings is 1. The third kappa shape index (κ3) is 3.07. The van der Waals surface area contributed by atoms with Gasteiger partial charge >= 0.3 is 5.97 Å². The first-order chi connectivity index (χ1) is 7.99. The molecule has 0 aliphatic heterocycles. The van der Waals surface area contributed by atoms with E-state index in [1.165, 1.54) is 0 Å². The molecule has 0 fully saturated rings. The molecule has 1 atom stereocenters. The minimum atomic E-state index is -0.662. The summed E-state index contributed by atoms with van der Waals surface area (Å²) in [5, 5.41) is -0.662. The van der Waals surface area contributed by atoms with Crippen molar-refractivity contribution in [1.29, 1.82) is 0 Å². The first kappa shape index (κ1) is 13.7. The van der Waals surface area contributed by atoms with Crippen LogP contribution in [-0.2, 0) is 4.74 Å². The van der Waals surface area contributed by atoms with E-state index in [0.717, 1.165) is 0 Å². The minimum absolute atomic E-state index is 0.265. The van der Waals surface area contributed by atoms with E-state index in [2.05, 4.69) is 0 Å². The van der Waals surface area contributed by atoms with Gasteiger partial charge in [0.2, 0.25) is 0 Å². The van der Waals surface area contributed by atoms with Crippen LogP contribution in [0.3, 0.4) is 0 Å². The number of aryl methyl sites for hydroxylation is 1. The maximum atomic E-state index is 11.9. The van der Waals surface area contributed by atoms with E-state index < -0.39 is 11.3 Å². The molecule has 0 saturated heterocycles. The molecule has 1 aromatic carbocycles. The molecule has 0 aliphatic carbocycles. The largest absolute Gasteiger partial charge is 0.462 e. The molecule has 17 heavy (non-hydrogen) atoms. The van der Waals surface area contributed by atoms with Gasteiger partial charge in [-0.1, -0.05) is 18.2 Å². The fourth-order valence-electron chi connectivity index (χ4n) is 1.56. The molecule has 1 rings (SSSR count). The lowest BCUT2D eigenvalue weighted by Crippen LogP contribution is -2.18. The zero-order valence-electron chi connectivity index (χ0n) is 10.1. The van der Waals surface area contributed by atoms with E-state index >= 15 is 0 Å². The van der Waals surface area contributed by atoms with Gasteiger partial charge in [0.15, 0.2) is 5.78 Å². The number of ether oxygens (including phenoxy) is 1. The summed E-state index contributed by atoms with van der Waals surface area (Å²) in [7, 11) is 0. The summed E-state index contributed by atoms with van der Waals surface area (Å²) in [5.41, 5.74) is 1.35. The lowest BCUT2D eigenvalue weighted by atomic mass is 9.97. The van der Waals surface area contributed by atoms with Crippen LogP contribution in [0.1, 0.15) is 40.1 Å². The average molecular weight is 255 g/mol. The number of ketones is 1. The van der Waals surface area contributed by atoms with Crippen LogP contribution in [0.5, 0.6) is 0 Å². The Balaban J connectivity index is 3.26. The molecule has 4 heteroatoms. The molecule has 0 saturated carbocycles. The molecular formula is C13H15ClO3. The molecule has 0 N–H and O–H groups in total. The Labute approximate surface area is 106 Å². The van der Waals surface area contributed by atoms with Crippen molar-refractivity contribution in [2.45, 2.75) is 26.1 Å². The Morgan fingerprint density at radius 3 is 2.59 bits per heavy atom. The molecule has 92 valence electrons. The fraction of sp³-hybridized carbons (Fsp3) is 0.385. The Morgan fingerprint density at radius 1 is 1.41 bits per heavy atom. The van der Waals surface area contributed by atoms with Crippen LogP contribution in [0.4, 0.5) is 0 Å². The zero-order chi connectivity index (χ0) is 13.0. The van der Waals surface area contributed by atoms with E-state index in [-0.39, 0.29) is 12.4 Å². The summed E-state index contributed by atoms with van der Waals surface area (Å²) in [6.45, 7) is 5.35. The maximum Gasteiger partial charge on any atom is 0.339 e. The highest BCUT2D eigenvalue weighted by molar-refractivity contribution is 6.34. The molecule has 0 heterocycles. The summed E-state index contributed by atoms with van der Waals surface area (Å²) in [6.07, 6.45) is 0. The van der Waals surface area contributed by atoms with Gasteiger partial charge in [-0.25, -0.2) is 4.79 Å². The van der Waals surface area contributed by atoms with Crippen molar-refractivity contribution in [1.82, 2.24) is 0 Å². The van der Waals surface area contributed by atoms with Crippen molar-refractivity contribution in [3.05, 3.63) is 34.9 Å². The SMILES string of the molecule is CCOC(=O)c1c(C)cccc1C(=O)C(C)Cl. The monoisotopic (exact) mass is 254 g/mol. The summed E-state index contributed by atoms with van der Waals surface area (Å²) < 4.78 is 4.95. The van der Waals surface area contributed by atoms with Gasteiger partial charge in [0.25, 0.3) is 0 Å². The average Bonchev–Trinajstić information content (AvgIpc) is 2.27. The van der Waals surface area contributed by atoms with Crippen LogP contribution >= 0.6 is 11.6 Å². The Kier molecular flexibility index (Phi) is 4.70. The second kappa shape index (κ2) is 5.82. The van der Waals surface area contributed by atoms with Gasteiger partial charge in [-0.2, -0.15) is 0 Å². The second-order valence-electron chi connectivity index (χ2n) is 3.70. The lowest BCUT2D eigenvalue weighted by molar-refractivity contribution is 0.0522. The van der Waals surface area contributed by atoms with Gasteiger partial charge in [0.1, 0.15) is 0 Å². The maximum absolute atomic E-state index is 11.9. The summed E-state index contributed by atoms with van der Waals surface area (Å²) >= 11 is 5.77. The first-order valence-electron chi connectivity index (χ1n) is 5.44. The van der Waals surface area contributed by atoms with E-state index in [9.17, 15) is 9.59 Å². The highest BCUT2D eigenvalue weighted by atomic mass is 35.5. The molecule has 1 aromatic rings. The van der Waals surface area contributed by atoms with Crippen molar-refractivity contribution in [2.24, 2.45) is 0 Å². The Bertz CT molecular complexity index is 438. The first-order valence-corrected chi connectivity index (χ1v) is 5.87. The molecule has 3 nitrogen and oxygen atoms in total. The van der Waals surface area contributed by atoms with E-state index in [4.69, 9.17) is 16.3 Å². The van der Waals surface area contributed by atoms with Gasteiger partial charge in [0.05, 0.1) is 17.5 Å². The van der Waals surface area contributed by atoms with Crippen LogP contribution in [0.25, 0.3) is 0 Å². The third-order valence-corrected chi connectivity index (χ3v) is 2.58. The van der Waals surface area contributed by atoms with Gasteiger partial charge < -0.3 is 4.74 Å². The number of carbonyl (C=O) groups excluding carboxylic acids is 2. The third-order valence-electron chi connectivity index (χ3n) is 2.38. The smallest absolute Gasteiger partial charge is 0.339 e. The predicted octanol–water partition coefficient (Wildman–Crippen LogP) is 2.98. The highest BCUT2D eigenvalue weighted by Crippen LogP contribution is 2.19. The van der Waals surface area contributed by atoms with Gasteiger partial charge in [-0.3, -0.25) is 4.79 Å². The number of Topliss-reactive ketones (excluding diaryl/α,β-unsaturated/α-hetero) is 1. The Morgan fingerprint density at radius 2 is 2.06 bits per heavy atom. The van der Waals surface area contributed by atoms with Crippen LogP contribution < -0.4 is 0 Å². The number of carbonyl (C=O) groups is 2. The molecule has 0 amide bonds. The van der Waals surface area contributed by atoms with Crippen molar-refractivity contribution >= 4 is 23.4 Å². The van der Waals surface area contributed by atoms with Crippen LogP contribution in [0, 0.1) is 6.92 Å². The molecule has 1 unspecified atom stereocenters.